The van der Waals surface area contributed by atoms with E-state index in [1.807, 2.05) is 0 Å². The summed E-state index contributed by atoms with van der Waals surface area (Å²) in [6.07, 6.45) is 6.37. The normalized spacial score (nSPS) is 23.2. The highest BCUT2D eigenvalue weighted by Crippen LogP contribution is 2.38. The summed E-state index contributed by atoms with van der Waals surface area (Å²) in [4.78, 5) is 22.4. The maximum absolute atomic E-state index is 12.6. The van der Waals surface area contributed by atoms with Crippen LogP contribution in [0.4, 0.5) is 0 Å². The van der Waals surface area contributed by atoms with Crippen LogP contribution in [0.1, 0.15) is 76.6 Å². The Morgan fingerprint density at radius 1 is 1.42 bits per heavy atom. The van der Waals surface area contributed by atoms with Crippen LogP contribution in [0.15, 0.2) is 10.8 Å². The fourth-order valence-electron chi connectivity index (χ4n) is 3.30. The van der Waals surface area contributed by atoms with Crippen molar-refractivity contribution in [3.63, 3.8) is 0 Å². The van der Waals surface area contributed by atoms with Crippen LogP contribution < -0.4 is 0 Å². The maximum Gasteiger partial charge on any atom is 0.361 e. The minimum Gasteiger partial charge on any atom is -0.452 e. The van der Waals surface area contributed by atoms with E-state index in [2.05, 4.69) is 16.9 Å². The predicted molar refractivity (Wildman–Crippen MR) is 87.0 cm³/mol. The van der Waals surface area contributed by atoms with Crippen molar-refractivity contribution in [1.29, 1.82) is 0 Å². The van der Waals surface area contributed by atoms with Crippen LogP contribution >= 0.6 is 11.3 Å². The summed E-state index contributed by atoms with van der Waals surface area (Å²) in [6, 6.07) is 0. The number of oxazole rings is 1. The number of carbonyl (C=O) groups is 1. The van der Waals surface area contributed by atoms with Crippen molar-refractivity contribution in [1.82, 2.24) is 9.97 Å². The number of carbonyl (C=O) groups excluding carboxylic acids is 1. The van der Waals surface area contributed by atoms with Crippen molar-refractivity contribution < 1.29 is 18.7 Å². The van der Waals surface area contributed by atoms with E-state index in [9.17, 15) is 4.79 Å². The Hall–Kier alpha value is -1.73. The Kier molecular flexibility index (Phi) is 4.37. The van der Waals surface area contributed by atoms with Gasteiger partial charge in [-0.3, -0.25) is 0 Å². The lowest BCUT2D eigenvalue weighted by atomic mass is 10.0. The quantitative estimate of drug-likeness (QED) is 0.783. The summed E-state index contributed by atoms with van der Waals surface area (Å²) in [5.74, 6) is 0.0608. The first-order valence-corrected chi connectivity index (χ1v) is 9.32. The highest BCUT2D eigenvalue weighted by molar-refractivity contribution is 7.11. The van der Waals surface area contributed by atoms with E-state index < -0.39 is 5.97 Å². The molecule has 4 rings (SSSR count). The number of esters is 1. The Morgan fingerprint density at radius 3 is 3.12 bits per heavy atom. The van der Waals surface area contributed by atoms with E-state index in [1.165, 1.54) is 6.39 Å². The standard InChI is InChI=1S/C17H20N2O4S/c1-2-13-19-10-5-3-6-12(16(10)24-13)23-17(20)14-15(22-9-18-14)11-7-4-8-21-11/h9,11-12H,2-8H2,1H3/t11-,12+/m1/s1. The summed E-state index contributed by atoms with van der Waals surface area (Å²) < 4.78 is 16.8. The van der Waals surface area contributed by atoms with Crippen molar-refractivity contribution in [2.45, 2.75) is 57.7 Å². The van der Waals surface area contributed by atoms with E-state index in [0.717, 1.165) is 54.1 Å². The zero-order valence-electron chi connectivity index (χ0n) is 13.6. The van der Waals surface area contributed by atoms with Crippen LogP contribution in [0.5, 0.6) is 0 Å². The molecular formula is C17H20N2O4S. The molecule has 0 aromatic carbocycles. The second-order valence-corrected chi connectivity index (χ2v) is 7.24. The summed E-state index contributed by atoms with van der Waals surface area (Å²) >= 11 is 1.66. The molecule has 0 saturated carbocycles. The van der Waals surface area contributed by atoms with Crippen molar-refractivity contribution in [3.05, 3.63) is 33.4 Å². The second kappa shape index (κ2) is 6.64. The molecule has 0 unspecified atom stereocenters. The maximum atomic E-state index is 12.6. The van der Waals surface area contributed by atoms with Crippen LogP contribution in [0.25, 0.3) is 0 Å². The third kappa shape index (κ3) is 2.86. The fraction of sp³-hybridized carbons (Fsp3) is 0.588. The molecule has 24 heavy (non-hydrogen) atoms. The molecule has 0 amide bonds. The molecule has 1 saturated heterocycles. The van der Waals surface area contributed by atoms with Crippen LogP contribution in [0.2, 0.25) is 0 Å². The van der Waals surface area contributed by atoms with Gasteiger partial charge in [0.05, 0.1) is 15.6 Å². The van der Waals surface area contributed by atoms with Gasteiger partial charge in [0.1, 0.15) is 12.2 Å². The van der Waals surface area contributed by atoms with Crippen molar-refractivity contribution in [2.24, 2.45) is 0 Å². The molecule has 2 aromatic heterocycles. The molecule has 7 heteroatoms. The van der Waals surface area contributed by atoms with Gasteiger partial charge in [0.2, 0.25) is 0 Å². The number of aryl methyl sites for hydroxylation is 2. The van der Waals surface area contributed by atoms with E-state index in [0.29, 0.717) is 12.4 Å². The average molecular weight is 348 g/mol. The Bertz CT molecular complexity index is 733. The zero-order chi connectivity index (χ0) is 16.5. The molecule has 6 nitrogen and oxygen atoms in total. The highest BCUT2D eigenvalue weighted by atomic mass is 32.1. The summed E-state index contributed by atoms with van der Waals surface area (Å²) in [6.45, 7) is 2.78. The Balaban J connectivity index is 1.53. The van der Waals surface area contributed by atoms with Gasteiger partial charge in [-0.2, -0.15) is 0 Å². The van der Waals surface area contributed by atoms with Crippen molar-refractivity contribution in [2.75, 3.05) is 6.61 Å². The second-order valence-electron chi connectivity index (χ2n) is 6.13. The predicted octanol–water partition coefficient (Wildman–Crippen LogP) is 3.78. The van der Waals surface area contributed by atoms with Crippen LogP contribution in [0, 0.1) is 0 Å². The molecule has 128 valence electrons. The molecule has 2 aliphatic rings. The smallest absolute Gasteiger partial charge is 0.361 e. The van der Waals surface area contributed by atoms with Gasteiger partial charge in [0, 0.05) is 6.61 Å². The van der Waals surface area contributed by atoms with E-state index in [4.69, 9.17) is 13.9 Å². The fourth-order valence-corrected chi connectivity index (χ4v) is 4.42. The highest BCUT2D eigenvalue weighted by Gasteiger charge is 2.32. The lowest BCUT2D eigenvalue weighted by molar-refractivity contribution is 0.0244. The topological polar surface area (TPSA) is 74.5 Å². The number of nitrogens with zero attached hydrogens (tertiary/aromatic N) is 2. The van der Waals surface area contributed by atoms with Crippen molar-refractivity contribution in [3.8, 4) is 0 Å². The molecule has 3 heterocycles. The number of fused-ring (bicyclic) bond motifs is 1. The lowest BCUT2D eigenvalue weighted by Crippen LogP contribution is -2.17. The van der Waals surface area contributed by atoms with Crippen LogP contribution in [0.3, 0.4) is 0 Å². The number of rotatable bonds is 4. The molecule has 1 fully saturated rings. The average Bonchev–Trinajstić information content (AvgIpc) is 3.32. The first-order valence-electron chi connectivity index (χ1n) is 8.50. The SMILES string of the molecule is CCc1nc2c(s1)[C@@H](OC(=O)c1ncoc1[C@H]1CCCO1)CCC2. The Labute approximate surface area is 144 Å². The van der Waals surface area contributed by atoms with Gasteiger partial charge in [0.25, 0.3) is 0 Å². The van der Waals surface area contributed by atoms with E-state index in [1.54, 1.807) is 11.3 Å². The molecule has 2 atom stereocenters. The molecule has 0 bridgehead atoms. The number of hydrogen-bond donors (Lipinski definition) is 0. The third-order valence-electron chi connectivity index (χ3n) is 4.51. The van der Waals surface area contributed by atoms with E-state index >= 15 is 0 Å². The molecular weight excluding hydrogens is 328 g/mol. The monoisotopic (exact) mass is 348 g/mol. The minimum absolute atomic E-state index is 0.188. The number of hydrogen-bond acceptors (Lipinski definition) is 7. The molecule has 0 N–H and O–H groups in total. The number of thiazole rings is 1. The van der Waals surface area contributed by atoms with Crippen LogP contribution in [-0.2, 0) is 22.3 Å². The molecule has 0 spiro atoms. The Morgan fingerprint density at radius 2 is 2.33 bits per heavy atom. The largest absolute Gasteiger partial charge is 0.452 e. The van der Waals surface area contributed by atoms with Gasteiger partial charge in [-0.25, -0.2) is 14.8 Å². The third-order valence-corrected chi connectivity index (χ3v) is 5.84. The van der Waals surface area contributed by atoms with Gasteiger partial charge in [-0.05, 0) is 38.5 Å². The zero-order valence-corrected chi connectivity index (χ0v) is 14.4. The summed E-state index contributed by atoms with van der Waals surface area (Å²) in [7, 11) is 0. The van der Waals surface area contributed by atoms with E-state index in [-0.39, 0.29) is 17.9 Å². The van der Waals surface area contributed by atoms with Crippen LogP contribution in [-0.4, -0.2) is 22.5 Å². The van der Waals surface area contributed by atoms with Crippen molar-refractivity contribution >= 4 is 17.3 Å². The molecule has 2 aromatic rings. The molecule has 1 aliphatic carbocycles. The van der Waals surface area contributed by atoms with Gasteiger partial charge in [-0.1, -0.05) is 6.92 Å². The number of ether oxygens (including phenoxy) is 2. The molecule has 1 aliphatic heterocycles. The van der Waals surface area contributed by atoms with Gasteiger partial charge < -0.3 is 13.9 Å². The van der Waals surface area contributed by atoms with Gasteiger partial charge >= 0.3 is 5.97 Å². The summed E-state index contributed by atoms with van der Waals surface area (Å²) in [5.41, 5.74) is 1.33. The summed E-state index contributed by atoms with van der Waals surface area (Å²) in [5, 5.41) is 1.10. The minimum atomic E-state index is -0.432. The number of aromatic nitrogens is 2. The first-order chi connectivity index (χ1) is 11.8. The van der Waals surface area contributed by atoms with Gasteiger partial charge in [0.15, 0.2) is 17.8 Å². The molecule has 0 radical (unpaired) electrons. The lowest BCUT2D eigenvalue weighted by Gasteiger charge is -2.21. The first kappa shape index (κ1) is 15.8. The van der Waals surface area contributed by atoms with Gasteiger partial charge in [-0.15, -0.1) is 11.3 Å².